The van der Waals surface area contributed by atoms with Crippen LogP contribution in [0.5, 0.6) is 0 Å². The molecule has 192 valence electrons. The van der Waals surface area contributed by atoms with Gasteiger partial charge in [0.25, 0.3) is 0 Å². The van der Waals surface area contributed by atoms with Crippen molar-refractivity contribution in [3.8, 4) is 23.6 Å². The molecule has 0 aliphatic heterocycles. The summed E-state index contributed by atoms with van der Waals surface area (Å²) in [6.45, 7) is 7.18. The molecule has 0 spiro atoms. The summed E-state index contributed by atoms with van der Waals surface area (Å²) in [4.78, 5) is 22.3. The van der Waals surface area contributed by atoms with Crippen molar-refractivity contribution in [2.45, 2.75) is 96.0 Å². The Hall–Kier alpha value is -3.03. The number of aliphatic hydroxyl groups excluding tert-OH is 1. The summed E-state index contributed by atoms with van der Waals surface area (Å²) in [7, 11) is 0. The Kier molecular flexibility index (Phi) is 6.94. The quantitative estimate of drug-likeness (QED) is 0.261. The molecule has 2 aliphatic carbocycles. The SMILES string of the molecule is C#CCCC(=O)CCCCC(O)c1ccc2c(c1)-c1nc3ccccc3nc1[C@@H]1C(C)(C)CCC[C@]21C. The molecule has 1 aromatic heterocycles. The number of terminal acetylenes is 1. The van der Waals surface area contributed by atoms with Gasteiger partial charge in [0.2, 0.25) is 0 Å². The Bertz CT molecular complexity index is 1370. The maximum absolute atomic E-state index is 11.9. The Morgan fingerprint density at radius 3 is 2.59 bits per heavy atom. The molecule has 1 heterocycles. The van der Waals surface area contributed by atoms with E-state index in [1.54, 1.807) is 0 Å². The molecule has 1 fully saturated rings. The van der Waals surface area contributed by atoms with Crippen molar-refractivity contribution < 1.29 is 9.90 Å². The van der Waals surface area contributed by atoms with Crippen LogP contribution in [0, 0.1) is 17.8 Å². The lowest BCUT2D eigenvalue weighted by atomic mass is 9.50. The molecule has 0 saturated heterocycles. The van der Waals surface area contributed by atoms with E-state index in [1.807, 2.05) is 18.2 Å². The van der Waals surface area contributed by atoms with E-state index >= 15 is 0 Å². The van der Waals surface area contributed by atoms with Crippen molar-refractivity contribution in [3.63, 3.8) is 0 Å². The lowest BCUT2D eigenvalue weighted by molar-refractivity contribution is -0.119. The zero-order valence-corrected chi connectivity index (χ0v) is 22.4. The van der Waals surface area contributed by atoms with Gasteiger partial charge in [0.1, 0.15) is 5.78 Å². The number of hydrogen-bond acceptors (Lipinski definition) is 4. The molecule has 2 aromatic carbocycles. The smallest absolute Gasteiger partial charge is 0.133 e. The van der Waals surface area contributed by atoms with Gasteiger partial charge < -0.3 is 5.11 Å². The normalized spacial score (nSPS) is 22.4. The third-order valence-electron chi connectivity index (χ3n) is 8.84. The van der Waals surface area contributed by atoms with E-state index in [9.17, 15) is 9.90 Å². The second-order valence-electron chi connectivity index (χ2n) is 11.9. The van der Waals surface area contributed by atoms with Gasteiger partial charge in [-0.05, 0) is 60.4 Å². The van der Waals surface area contributed by atoms with E-state index in [4.69, 9.17) is 16.4 Å². The highest BCUT2D eigenvalue weighted by atomic mass is 16.3. The highest BCUT2D eigenvalue weighted by Gasteiger charge is 2.53. The number of unbranched alkanes of at least 4 members (excludes halogenated alkanes) is 1. The largest absolute Gasteiger partial charge is 0.388 e. The monoisotopic (exact) mass is 494 g/mol. The molecule has 2 aliphatic rings. The first-order chi connectivity index (χ1) is 17.7. The maximum atomic E-state index is 11.9. The third-order valence-corrected chi connectivity index (χ3v) is 8.84. The van der Waals surface area contributed by atoms with Crippen LogP contribution in [0.15, 0.2) is 42.5 Å². The fourth-order valence-corrected chi connectivity index (χ4v) is 7.06. The molecule has 3 aromatic rings. The number of aliphatic hydroxyl groups is 1. The number of nitrogens with zero attached hydrogens (tertiary/aromatic N) is 2. The summed E-state index contributed by atoms with van der Waals surface area (Å²) < 4.78 is 0. The Labute approximate surface area is 220 Å². The van der Waals surface area contributed by atoms with Gasteiger partial charge in [0.05, 0.1) is 28.5 Å². The standard InChI is InChI=1S/C33H38N2O2/c1-5-6-12-23(36)13-7-10-16-28(37)22-17-18-25-24(21-22)29-30(35-27-15-9-8-14-26(27)34-29)31-32(2,3)19-11-20-33(25,31)4/h1,8-9,14-15,17-18,21,28,31,37H,6-7,10-13,16,19-20H2,2-4H3/t28?,31-,33-/m1/s1. The number of hydrogen-bond donors (Lipinski definition) is 1. The predicted octanol–water partition coefficient (Wildman–Crippen LogP) is 7.44. The van der Waals surface area contributed by atoms with Crippen molar-refractivity contribution in [1.29, 1.82) is 0 Å². The molecule has 0 amide bonds. The van der Waals surface area contributed by atoms with Crippen LogP contribution in [0.3, 0.4) is 0 Å². The lowest BCUT2D eigenvalue weighted by Gasteiger charge is -2.54. The minimum absolute atomic E-state index is 0.0244. The number of aromatic nitrogens is 2. The average molecular weight is 495 g/mol. The van der Waals surface area contributed by atoms with Crippen LogP contribution < -0.4 is 0 Å². The van der Waals surface area contributed by atoms with Crippen molar-refractivity contribution in [1.82, 2.24) is 9.97 Å². The number of carbonyl (C=O) groups excluding carboxylic acids is 1. The molecule has 4 nitrogen and oxygen atoms in total. The maximum Gasteiger partial charge on any atom is 0.133 e. The Balaban J connectivity index is 1.48. The van der Waals surface area contributed by atoms with E-state index in [0.29, 0.717) is 25.7 Å². The van der Waals surface area contributed by atoms with Crippen LogP contribution in [0.1, 0.15) is 107 Å². The van der Waals surface area contributed by atoms with Crippen LogP contribution in [0.2, 0.25) is 0 Å². The molecule has 37 heavy (non-hydrogen) atoms. The van der Waals surface area contributed by atoms with Crippen LogP contribution in [0.25, 0.3) is 22.3 Å². The van der Waals surface area contributed by atoms with Gasteiger partial charge in [-0.25, -0.2) is 9.97 Å². The van der Waals surface area contributed by atoms with Gasteiger partial charge in [0, 0.05) is 36.2 Å². The van der Waals surface area contributed by atoms with E-state index in [1.165, 1.54) is 18.4 Å². The Morgan fingerprint density at radius 1 is 1.08 bits per heavy atom. The minimum Gasteiger partial charge on any atom is -0.388 e. The predicted molar refractivity (Wildman–Crippen MR) is 149 cm³/mol. The minimum atomic E-state index is -0.573. The highest BCUT2D eigenvalue weighted by Crippen LogP contribution is 2.62. The first-order valence-electron chi connectivity index (χ1n) is 13.8. The van der Waals surface area contributed by atoms with Crippen LogP contribution >= 0.6 is 0 Å². The summed E-state index contributed by atoms with van der Waals surface area (Å²) in [5.41, 5.74) is 7.38. The van der Waals surface area contributed by atoms with E-state index in [0.717, 1.165) is 52.8 Å². The summed E-state index contributed by atoms with van der Waals surface area (Å²) in [5, 5.41) is 11.1. The number of rotatable bonds is 8. The fraction of sp³-hybridized carbons (Fsp3) is 0.485. The third kappa shape index (κ3) is 4.71. The first kappa shape index (κ1) is 25.6. The second kappa shape index (κ2) is 10.0. The number of Topliss-reactive ketones (excluding diaryl/α,β-unsaturated/α-hetero) is 1. The average Bonchev–Trinajstić information content (AvgIpc) is 2.88. The molecule has 4 heteroatoms. The van der Waals surface area contributed by atoms with Gasteiger partial charge >= 0.3 is 0 Å². The van der Waals surface area contributed by atoms with E-state index < -0.39 is 6.10 Å². The van der Waals surface area contributed by atoms with Gasteiger partial charge in [-0.15, -0.1) is 12.3 Å². The summed E-state index contributed by atoms with van der Waals surface area (Å²) in [6, 6.07) is 14.6. The first-order valence-corrected chi connectivity index (χ1v) is 13.8. The number of ketones is 1. The molecule has 0 bridgehead atoms. The second-order valence-corrected chi connectivity index (χ2v) is 11.9. The molecule has 1 saturated carbocycles. The van der Waals surface area contributed by atoms with Crippen molar-refractivity contribution in [2.75, 3.05) is 0 Å². The lowest BCUT2D eigenvalue weighted by Crippen LogP contribution is -2.46. The molecular weight excluding hydrogens is 456 g/mol. The van der Waals surface area contributed by atoms with Gasteiger partial charge in [0.15, 0.2) is 0 Å². The van der Waals surface area contributed by atoms with Gasteiger partial charge in [-0.3, -0.25) is 4.79 Å². The Morgan fingerprint density at radius 2 is 1.84 bits per heavy atom. The fourth-order valence-electron chi connectivity index (χ4n) is 7.06. The molecule has 1 unspecified atom stereocenters. The number of benzene rings is 2. The van der Waals surface area contributed by atoms with Gasteiger partial charge in [-0.2, -0.15) is 0 Å². The van der Waals surface area contributed by atoms with Gasteiger partial charge in [-0.1, -0.05) is 57.9 Å². The highest BCUT2D eigenvalue weighted by molar-refractivity contribution is 5.82. The molecule has 1 N–H and O–H groups in total. The summed E-state index contributed by atoms with van der Waals surface area (Å²) >= 11 is 0. The number of carbonyl (C=O) groups is 1. The van der Waals surface area contributed by atoms with Crippen LogP contribution in [-0.2, 0) is 10.2 Å². The topological polar surface area (TPSA) is 63.1 Å². The molecule has 5 rings (SSSR count). The molecular formula is C33H38N2O2. The summed E-state index contributed by atoms with van der Waals surface area (Å²) in [6.07, 6.45) is 11.9. The zero-order chi connectivity index (χ0) is 26.2. The van der Waals surface area contributed by atoms with Crippen LogP contribution in [0.4, 0.5) is 0 Å². The zero-order valence-electron chi connectivity index (χ0n) is 22.4. The van der Waals surface area contributed by atoms with Crippen LogP contribution in [-0.4, -0.2) is 20.9 Å². The van der Waals surface area contributed by atoms with Crippen molar-refractivity contribution in [3.05, 3.63) is 59.3 Å². The number of fused-ring (bicyclic) bond motifs is 7. The molecule has 3 atom stereocenters. The van der Waals surface area contributed by atoms with E-state index in [-0.39, 0.29) is 22.5 Å². The number of para-hydroxylation sites is 2. The summed E-state index contributed by atoms with van der Waals surface area (Å²) in [5.74, 6) is 3.02. The molecule has 0 radical (unpaired) electrons. The van der Waals surface area contributed by atoms with Crippen molar-refractivity contribution in [2.24, 2.45) is 5.41 Å². The van der Waals surface area contributed by atoms with E-state index in [2.05, 4.69) is 51.0 Å². The van der Waals surface area contributed by atoms with Crippen molar-refractivity contribution >= 4 is 16.8 Å².